The van der Waals surface area contributed by atoms with E-state index in [4.69, 9.17) is 9.47 Å². The first-order chi connectivity index (χ1) is 10.7. The summed E-state index contributed by atoms with van der Waals surface area (Å²) in [6, 6.07) is 3.42. The maximum Gasteiger partial charge on any atom is 0.165 e. The molecule has 1 aromatic rings. The van der Waals surface area contributed by atoms with E-state index < -0.39 is 0 Å². The predicted octanol–water partition coefficient (Wildman–Crippen LogP) is 4.04. The first-order valence-corrected chi connectivity index (χ1v) is 8.43. The second kappa shape index (κ2) is 8.37. The molecule has 0 saturated carbocycles. The lowest BCUT2D eigenvalue weighted by Crippen LogP contribution is -2.44. The molecule has 22 heavy (non-hydrogen) atoms. The van der Waals surface area contributed by atoms with Crippen LogP contribution < -0.4 is 9.47 Å². The summed E-state index contributed by atoms with van der Waals surface area (Å²) < 4.78 is 25.1. The van der Waals surface area contributed by atoms with Gasteiger partial charge < -0.3 is 9.47 Å². The molecule has 0 saturated heterocycles. The third-order valence-corrected chi connectivity index (χ3v) is 4.33. The van der Waals surface area contributed by atoms with Gasteiger partial charge in [-0.15, -0.1) is 0 Å². The molecule has 0 radical (unpaired) electrons. The quantitative estimate of drug-likeness (QED) is 0.677. The van der Waals surface area contributed by atoms with Gasteiger partial charge in [-0.05, 0) is 44.5 Å². The molecule has 1 unspecified atom stereocenters. The zero-order chi connectivity index (χ0) is 15.9. The number of benzene rings is 1. The van der Waals surface area contributed by atoms with Crippen LogP contribution in [0.5, 0.6) is 11.5 Å². The van der Waals surface area contributed by atoms with Crippen LogP contribution in [0.25, 0.3) is 0 Å². The van der Waals surface area contributed by atoms with Gasteiger partial charge in [-0.2, -0.15) is 0 Å². The van der Waals surface area contributed by atoms with Gasteiger partial charge in [0.05, 0.1) is 7.11 Å². The number of methoxy groups -OCH3 is 1. The molecule has 3 nitrogen and oxygen atoms in total. The molecule has 1 aliphatic heterocycles. The Bertz CT molecular complexity index is 478. The van der Waals surface area contributed by atoms with Gasteiger partial charge in [0.15, 0.2) is 11.6 Å². The Kier molecular flexibility index (Phi) is 6.49. The number of rotatable bonds is 8. The monoisotopic (exact) mass is 309 g/mol. The van der Waals surface area contributed by atoms with E-state index in [1.54, 1.807) is 13.2 Å². The van der Waals surface area contributed by atoms with Crippen molar-refractivity contribution >= 4 is 0 Å². The lowest BCUT2D eigenvalue weighted by atomic mass is 9.99. The normalized spacial score (nSPS) is 17.2. The molecule has 0 spiro atoms. The summed E-state index contributed by atoms with van der Waals surface area (Å²) >= 11 is 0. The topological polar surface area (TPSA) is 21.7 Å². The second-order valence-corrected chi connectivity index (χ2v) is 5.97. The lowest BCUT2D eigenvalue weighted by Gasteiger charge is -2.35. The van der Waals surface area contributed by atoms with Gasteiger partial charge in [0.1, 0.15) is 12.4 Å². The highest BCUT2D eigenvalue weighted by Crippen LogP contribution is 2.36. The fourth-order valence-electron chi connectivity index (χ4n) is 3.16. The molecule has 0 fully saturated rings. The Balaban J connectivity index is 2.12. The Morgan fingerprint density at radius 1 is 1.23 bits per heavy atom. The van der Waals surface area contributed by atoms with Crippen LogP contribution >= 0.6 is 0 Å². The van der Waals surface area contributed by atoms with E-state index in [0.717, 1.165) is 37.2 Å². The summed E-state index contributed by atoms with van der Waals surface area (Å²) in [5.41, 5.74) is 0.871. The molecule has 1 heterocycles. The van der Waals surface area contributed by atoms with Gasteiger partial charge in [-0.3, -0.25) is 4.90 Å². The minimum Gasteiger partial charge on any atom is -0.496 e. The molecule has 0 aliphatic carbocycles. The van der Waals surface area contributed by atoms with Gasteiger partial charge in [0.2, 0.25) is 0 Å². The third-order valence-electron chi connectivity index (χ3n) is 4.33. The molecule has 1 aromatic carbocycles. The van der Waals surface area contributed by atoms with Gasteiger partial charge in [0, 0.05) is 11.6 Å². The first kappa shape index (κ1) is 17.1. The number of fused-ring (bicyclic) bond motifs is 1. The SMILES string of the molecule is CCCCCN(CCC)C1COc2c(F)ccc(OC)c2C1. The van der Waals surface area contributed by atoms with Gasteiger partial charge >= 0.3 is 0 Å². The van der Waals surface area contributed by atoms with E-state index in [-0.39, 0.29) is 5.82 Å². The van der Waals surface area contributed by atoms with Gasteiger partial charge in [-0.25, -0.2) is 4.39 Å². The number of hydrogen-bond acceptors (Lipinski definition) is 3. The zero-order valence-corrected chi connectivity index (χ0v) is 14.0. The third kappa shape index (κ3) is 3.92. The maximum atomic E-state index is 13.9. The van der Waals surface area contributed by atoms with Crippen LogP contribution in [-0.4, -0.2) is 37.7 Å². The molecular formula is C18H28FNO2. The largest absolute Gasteiger partial charge is 0.496 e. The lowest BCUT2D eigenvalue weighted by molar-refractivity contribution is 0.112. The molecule has 0 bridgehead atoms. The number of nitrogens with zero attached hydrogens (tertiary/aromatic N) is 1. The number of halogens is 1. The molecule has 2 rings (SSSR count). The van der Waals surface area contributed by atoms with Crippen LogP contribution in [-0.2, 0) is 6.42 Å². The fourth-order valence-corrected chi connectivity index (χ4v) is 3.16. The van der Waals surface area contributed by atoms with Crippen LogP contribution in [0.1, 0.15) is 45.1 Å². The van der Waals surface area contributed by atoms with Crippen molar-refractivity contribution in [2.45, 2.75) is 52.0 Å². The summed E-state index contributed by atoms with van der Waals surface area (Å²) in [7, 11) is 1.63. The minimum atomic E-state index is -0.290. The fraction of sp³-hybridized carbons (Fsp3) is 0.667. The molecule has 4 heteroatoms. The summed E-state index contributed by atoms with van der Waals surface area (Å²) in [6.07, 6.45) is 5.60. The van der Waals surface area contributed by atoms with Crippen LogP contribution in [0.3, 0.4) is 0 Å². The minimum absolute atomic E-state index is 0.290. The second-order valence-electron chi connectivity index (χ2n) is 5.97. The molecule has 1 atom stereocenters. The Morgan fingerprint density at radius 2 is 2.05 bits per heavy atom. The van der Waals surface area contributed by atoms with Gasteiger partial charge in [0.25, 0.3) is 0 Å². The Morgan fingerprint density at radius 3 is 2.73 bits per heavy atom. The summed E-state index contributed by atoms with van der Waals surface area (Å²) in [4.78, 5) is 2.49. The Hall–Kier alpha value is -1.29. The first-order valence-electron chi connectivity index (χ1n) is 8.43. The van der Waals surface area contributed by atoms with Crippen molar-refractivity contribution < 1.29 is 13.9 Å². The van der Waals surface area contributed by atoms with Gasteiger partial charge in [-0.1, -0.05) is 26.7 Å². The van der Waals surface area contributed by atoms with Crippen LogP contribution in [0.2, 0.25) is 0 Å². The molecular weight excluding hydrogens is 281 g/mol. The van der Waals surface area contributed by atoms with E-state index in [2.05, 4.69) is 18.7 Å². The predicted molar refractivity (Wildman–Crippen MR) is 87.3 cm³/mol. The molecule has 0 amide bonds. The number of unbranched alkanes of at least 4 members (excludes halogenated alkanes) is 2. The molecule has 0 aromatic heterocycles. The maximum absolute atomic E-state index is 13.9. The highest BCUT2D eigenvalue weighted by molar-refractivity contribution is 5.47. The van der Waals surface area contributed by atoms with Crippen molar-refractivity contribution in [1.82, 2.24) is 4.90 Å². The number of ether oxygens (including phenoxy) is 2. The van der Waals surface area contributed by atoms with Crippen molar-refractivity contribution in [1.29, 1.82) is 0 Å². The highest BCUT2D eigenvalue weighted by atomic mass is 19.1. The van der Waals surface area contributed by atoms with Crippen molar-refractivity contribution in [3.8, 4) is 11.5 Å². The van der Waals surface area contributed by atoms with E-state index in [1.165, 1.54) is 25.3 Å². The van der Waals surface area contributed by atoms with Crippen LogP contribution in [0.4, 0.5) is 4.39 Å². The standard InChI is InChI=1S/C18H28FNO2/c1-4-6-7-11-20(10-5-2)14-12-15-17(21-3)9-8-16(19)18(15)22-13-14/h8-9,14H,4-7,10-13H2,1-3H3. The van der Waals surface area contributed by atoms with Crippen LogP contribution in [0, 0.1) is 5.82 Å². The van der Waals surface area contributed by atoms with E-state index in [1.807, 2.05) is 0 Å². The highest BCUT2D eigenvalue weighted by Gasteiger charge is 2.29. The van der Waals surface area contributed by atoms with Crippen molar-refractivity contribution in [2.24, 2.45) is 0 Å². The Labute approximate surface area is 133 Å². The summed E-state index contributed by atoms with van der Waals surface area (Å²) in [5, 5.41) is 0. The number of hydrogen-bond donors (Lipinski definition) is 0. The average Bonchev–Trinajstić information content (AvgIpc) is 2.54. The van der Waals surface area contributed by atoms with E-state index >= 15 is 0 Å². The molecule has 124 valence electrons. The van der Waals surface area contributed by atoms with Crippen molar-refractivity contribution in [2.75, 3.05) is 26.8 Å². The summed E-state index contributed by atoms with van der Waals surface area (Å²) in [5.74, 6) is 0.814. The zero-order valence-electron chi connectivity index (χ0n) is 14.0. The van der Waals surface area contributed by atoms with Crippen molar-refractivity contribution in [3.05, 3.63) is 23.5 Å². The average molecular weight is 309 g/mol. The van der Waals surface area contributed by atoms with Crippen molar-refractivity contribution in [3.63, 3.8) is 0 Å². The van der Waals surface area contributed by atoms with Crippen LogP contribution in [0.15, 0.2) is 12.1 Å². The van der Waals surface area contributed by atoms with E-state index in [0.29, 0.717) is 18.4 Å². The summed E-state index contributed by atoms with van der Waals surface area (Å²) in [6.45, 7) is 7.12. The molecule has 1 aliphatic rings. The smallest absolute Gasteiger partial charge is 0.165 e. The van der Waals surface area contributed by atoms with E-state index in [9.17, 15) is 4.39 Å². The molecule has 0 N–H and O–H groups in total.